The van der Waals surface area contributed by atoms with Crippen LogP contribution >= 0.6 is 0 Å². The Morgan fingerprint density at radius 2 is 1.57 bits per heavy atom. The predicted octanol–water partition coefficient (Wildman–Crippen LogP) is 0.333. The summed E-state index contributed by atoms with van der Waals surface area (Å²) in [7, 11) is 1.44. The van der Waals surface area contributed by atoms with E-state index in [2.05, 4.69) is 26.6 Å². The van der Waals surface area contributed by atoms with Crippen LogP contribution < -0.4 is 32.3 Å². The van der Waals surface area contributed by atoms with Crippen molar-refractivity contribution in [1.29, 1.82) is 0 Å². The monoisotopic (exact) mass is 647 g/mol. The molecule has 1 aromatic carbocycles. The number of alkyl carbamates (subject to hydrolysis) is 1. The zero-order valence-corrected chi connectivity index (χ0v) is 26.0. The van der Waals surface area contributed by atoms with Crippen molar-refractivity contribution in [2.45, 2.75) is 77.5 Å². The van der Waals surface area contributed by atoms with Gasteiger partial charge in [0.15, 0.2) is 0 Å². The van der Waals surface area contributed by atoms with E-state index in [0.29, 0.717) is 22.7 Å². The van der Waals surface area contributed by atoms with Gasteiger partial charge in [-0.25, -0.2) is 14.4 Å². The second kappa shape index (κ2) is 18.6. The first-order valence-electron chi connectivity index (χ1n) is 14.7. The van der Waals surface area contributed by atoms with Gasteiger partial charge in [-0.1, -0.05) is 26.0 Å². The maximum Gasteiger partial charge on any atom is 0.407 e. The van der Waals surface area contributed by atoms with Gasteiger partial charge in [-0.3, -0.25) is 24.0 Å². The molecule has 1 saturated heterocycles. The number of anilines is 1. The summed E-state index contributed by atoms with van der Waals surface area (Å²) in [6.45, 7) is 3.58. The molecular formula is C29H41N7O10. The Morgan fingerprint density at radius 1 is 0.913 bits per heavy atom. The van der Waals surface area contributed by atoms with Gasteiger partial charge in [0.25, 0.3) is 11.8 Å². The number of nitrogens with two attached hydrogens (primary N) is 1. The van der Waals surface area contributed by atoms with Gasteiger partial charge in [0, 0.05) is 45.0 Å². The number of nitrogens with one attached hydrogen (secondary N) is 5. The molecule has 2 rings (SSSR count). The number of hydrogen-bond acceptors (Lipinski definition) is 10. The highest BCUT2D eigenvalue weighted by atomic mass is 16.7. The number of carbonyl (C=O) groups excluding carboxylic acids is 8. The molecule has 0 aliphatic carbocycles. The van der Waals surface area contributed by atoms with Crippen molar-refractivity contribution in [3.63, 3.8) is 0 Å². The van der Waals surface area contributed by atoms with Crippen molar-refractivity contribution in [1.82, 2.24) is 26.3 Å². The molecule has 2 atom stereocenters. The van der Waals surface area contributed by atoms with Gasteiger partial charge >= 0.3 is 18.1 Å². The first kappa shape index (κ1) is 37.0. The molecule has 7 N–H and O–H groups in total. The van der Waals surface area contributed by atoms with Gasteiger partial charge in [-0.15, -0.1) is 5.06 Å². The highest BCUT2D eigenvalue weighted by molar-refractivity contribution is 6.01. The van der Waals surface area contributed by atoms with E-state index in [1.165, 1.54) is 7.05 Å². The summed E-state index contributed by atoms with van der Waals surface area (Å²) in [5.41, 5.74) is 6.19. The predicted molar refractivity (Wildman–Crippen MR) is 161 cm³/mol. The fourth-order valence-electron chi connectivity index (χ4n) is 4.16. The van der Waals surface area contributed by atoms with Gasteiger partial charge in [0.2, 0.25) is 17.7 Å². The summed E-state index contributed by atoms with van der Waals surface area (Å²) in [5, 5.41) is 13.2. The molecule has 46 heavy (non-hydrogen) atoms. The quantitative estimate of drug-likeness (QED) is 0.0999. The maximum atomic E-state index is 13.3. The van der Waals surface area contributed by atoms with Crippen molar-refractivity contribution >= 4 is 53.3 Å². The lowest BCUT2D eigenvalue weighted by Crippen LogP contribution is -2.54. The largest absolute Gasteiger partial charge is 0.445 e. The smallest absolute Gasteiger partial charge is 0.407 e. The summed E-state index contributed by atoms with van der Waals surface area (Å²) in [4.78, 5) is 101. The third-order valence-electron chi connectivity index (χ3n) is 6.65. The number of imide groups is 1. The average Bonchev–Trinajstić information content (AvgIpc) is 3.32. The number of benzene rings is 1. The van der Waals surface area contributed by atoms with E-state index >= 15 is 0 Å². The lowest BCUT2D eigenvalue weighted by atomic mass is 10.0. The molecule has 17 heteroatoms. The van der Waals surface area contributed by atoms with Gasteiger partial charge in [0.1, 0.15) is 18.7 Å². The Balaban J connectivity index is 1.97. The zero-order valence-electron chi connectivity index (χ0n) is 26.0. The van der Waals surface area contributed by atoms with Crippen LogP contribution in [-0.2, 0) is 44.9 Å². The lowest BCUT2D eigenvalue weighted by molar-refractivity contribution is -0.197. The highest BCUT2D eigenvalue weighted by Crippen LogP contribution is 2.14. The second-order valence-corrected chi connectivity index (χ2v) is 10.7. The third-order valence-corrected chi connectivity index (χ3v) is 6.65. The molecule has 1 heterocycles. The van der Waals surface area contributed by atoms with Crippen LogP contribution in [0.4, 0.5) is 15.3 Å². The van der Waals surface area contributed by atoms with Gasteiger partial charge in [0.05, 0.1) is 0 Å². The number of amides is 8. The van der Waals surface area contributed by atoms with E-state index in [4.69, 9.17) is 15.3 Å². The Labute approximate surface area is 265 Å². The third kappa shape index (κ3) is 12.8. The maximum absolute atomic E-state index is 13.3. The minimum absolute atomic E-state index is 0.0203. The molecule has 17 nitrogen and oxygen atoms in total. The molecule has 1 aromatic rings. The summed E-state index contributed by atoms with van der Waals surface area (Å²) in [6.07, 6.45) is -0.615. The number of nitrogens with zero attached hydrogens (tertiary/aromatic N) is 1. The molecule has 0 unspecified atom stereocenters. The van der Waals surface area contributed by atoms with E-state index in [-0.39, 0.29) is 57.6 Å². The van der Waals surface area contributed by atoms with Crippen LogP contribution in [0.15, 0.2) is 24.3 Å². The fraction of sp³-hybridized carbons (Fsp3) is 0.517. The van der Waals surface area contributed by atoms with Crippen molar-refractivity contribution in [3.05, 3.63) is 29.8 Å². The molecule has 0 bridgehead atoms. The van der Waals surface area contributed by atoms with E-state index in [1.54, 1.807) is 38.1 Å². The van der Waals surface area contributed by atoms with Crippen molar-refractivity contribution in [2.75, 3.05) is 18.9 Å². The number of rotatable bonds is 17. The normalized spacial score (nSPS) is 13.8. The Kier molecular flexibility index (Phi) is 14.9. The molecule has 1 fully saturated rings. The number of hydroxylamine groups is 2. The molecular weight excluding hydrogens is 606 g/mol. The second-order valence-electron chi connectivity index (χ2n) is 10.7. The Bertz CT molecular complexity index is 1270. The van der Waals surface area contributed by atoms with Crippen molar-refractivity contribution < 1.29 is 47.9 Å². The summed E-state index contributed by atoms with van der Waals surface area (Å²) < 4.78 is 4.99. The number of hydrogen-bond donors (Lipinski definition) is 6. The zero-order chi connectivity index (χ0) is 34.2. The first-order valence-corrected chi connectivity index (χ1v) is 14.7. The summed E-state index contributed by atoms with van der Waals surface area (Å²) in [6, 6.07) is 3.68. The minimum atomic E-state index is -1.05. The number of ether oxygens (including phenoxy) is 1. The Morgan fingerprint density at radius 3 is 2.15 bits per heavy atom. The number of primary amides is 1. The molecule has 0 spiro atoms. The van der Waals surface area contributed by atoms with Crippen LogP contribution in [-0.4, -0.2) is 78.4 Å². The molecule has 8 amide bonds. The molecule has 0 saturated carbocycles. The van der Waals surface area contributed by atoms with E-state index in [0.717, 1.165) is 0 Å². The lowest BCUT2D eigenvalue weighted by Gasteiger charge is -2.25. The number of carbonyl (C=O) groups is 8. The van der Waals surface area contributed by atoms with Crippen LogP contribution in [0, 0.1) is 5.92 Å². The topological polar surface area (TPSA) is 244 Å². The fourth-order valence-corrected chi connectivity index (χ4v) is 4.16. The summed E-state index contributed by atoms with van der Waals surface area (Å²) in [5.74, 6) is -4.17. The van der Waals surface area contributed by atoms with Crippen LogP contribution in [0.2, 0.25) is 0 Å². The Hall–Kier alpha value is -5.22. The van der Waals surface area contributed by atoms with Crippen molar-refractivity contribution in [2.24, 2.45) is 11.7 Å². The highest BCUT2D eigenvalue weighted by Gasteiger charge is 2.33. The van der Waals surface area contributed by atoms with Crippen molar-refractivity contribution in [3.8, 4) is 0 Å². The van der Waals surface area contributed by atoms with Crippen LogP contribution in [0.3, 0.4) is 0 Å². The summed E-state index contributed by atoms with van der Waals surface area (Å²) >= 11 is 0. The molecule has 252 valence electrons. The number of urea groups is 1. The van der Waals surface area contributed by atoms with Gasteiger partial charge < -0.3 is 41.9 Å². The van der Waals surface area contributed by atoms with Crippen LogP contribution in [0.1, 0.15) is 64.4 Å². The minimum Gasteiger partial charge on any atom is -0.445 e. The molecule has 1 aliphatic rings. The SMILES string of the molecule is CNC(=O)OCc1ccc(NC(=O)[C@H](CCCNC(N)=O)NC(=O)[C@@H](NC(=O)CCCC(=O)ON2C(=O)CCC2=O)C(C)C)cc1. The van der Waals surface area contributed by atoms with Gasteiger partial charge in [-0.05, 0) is 42.9 Å². The van der Waals surface area contributed by atoms with Crippen LogP contribution in [0.5, 0.6) is 0 Å². The average molecular weight is 648 g/mol. The van der Waals surface area contributed by atoms with Gasteiger partial charge in [-0.2, -0.15) is 0 Å². The first-order chi connectivity index (χ1) is 21.8. The molecule has 1 aliphatic heterocycles. The van der Waals surface area contributed by atoms with E-state index in [1.807, 2.05) is 0 Å². The van der Waals surface area contributed by atoms with E-state index < -0.39 is 59.7 Å². The standard InChI is InChI=1S/C29H41N7O10/c1-17(2)25(35-21(37)7-4-8-24(40)46-36-22(38)13-14-23(36)39)27(42)34-20(6-5-15-32-28(30)43)26(41)33-19-11-9-18(10-12-19)16-45-29(44)31-3/h9-12,17,20,25H,4-8,13-16H2,1-3H3,(H,31,44)(H,33,41)(H,34,42)(H,35,37)(H3,30,32,43)/t20-,25-/m0/s1. The van der Waals surface area contributed by atoms with E-state index in [9.17, 15) is 38.4 Å². The molecule has 0 radical (unpaired) electrons. The van der Waals surface area contributed by atoms with Crippen LogP contribution in [0.25, 0.3) is 0 Å². The molecule has 0 aromatic heterocycles.